The first kappa shape index (κ1) is 13.5. The summed E-state index contributed by atoms with van der Waals surface area (Å²) in [6.45, 7) is 5.43. The molecule has 0 saturated carbocycles. The van der Waals surface area contributed by atoms with Crippen LogP contribution in [0.1, 0.15) is 30.9 Å². The van der Waals surface area contributed by atoms with Crippen molar-refractivity contribution in [3.05, 3.63) is 35.4 Å². The molecule has 104 valence electrons. The van der Waals surface area contributed by atoms with E-state index in [1.165, 1.54) is 42.7 Å². The number of nitrogens with zero attached hydrogens (tertiary/aromatic N) is 1. The molecule has 2 heterocycles. The third kappa shape index (κ3) is 2.32. The van der Waals surface area contributed by atoms with Crippen molar-refractivity contribution >= 4 is 11.8 Å². The molecule has 2 nitrogen and oxygen atoms in total. The van der Waals surface area contributed by atoms with Crippen LogP contribution in [0, 0.1) is 0 Å². The summed E-state index contributed by atoms with van der Waals surface area (Å²) >= 11 is 2.09. The summed E-state index contributed by atoms with van der Waals surface area (Å²) in [5.41, 5.74) is 9.48. The Bertz CT molecular complexity index is 448. The van der Waals surface area contributed by atoms with Gasteiger partial charge in [0.15, 0.2) is 0 Å². The minimum Gasteiger partial charge on any atom is -0.329 e. The fraction of sp³-hybridized carbons (Fsp3) is 0.625. The Balaban J connectivity index is 1.89. The SMILES string of the molecule is CC1SCCC1(CN)N1CCCc2ccccc2C1. The second-order valence-corrected chi connectivity index (χ2v) is 7.31. The van der Waals surface area contributed by atoms with Crippen molar-refractivity contribution in [2.24, 2.45) is 5.73 Å². The molecule has 1 aromatic rings. The van der Waals surface area contributed by atoms with Crippen LogP contribution in [-0.2, 0) is 13.0 Å². The Morgan fingerprint density at radius 1 is 1.37 bits per heavy atom. The molecule has 2 N–H and O–H groups in total. The highest BCUT2D eigenvalue weighted by Gasteiger charge is 2.44. The number of hydrogen-bond acceptors (Lipinski definition) is 3. The standard InChI is InChI=1S/C16H24N2S/c1-13-16(12-17,8-10-19-13)18-9-4-7-14-5-2-3-6-15(14)11-18/h2-3,5-6,13H,4,7-12,17H2,1H3. The zero-order chi connectivity index (χ0) is 13.3. The quantitative estimate of drug-likeness (QED) is 0.900. The van der Waals surface area contributed by atoms with Crippen molar-refractivity contribution in [3.8, 4) is 0 Å². The van der Waals surface area contributed by atoms with E-state index in [1.54, 1.807) is 0 Å². The van der Waals surface area contributed by atoms with Gasteiger partial charge >= 0.3 is 0 Å². The predicted molar refractivity (Wildman–Crippen MR) is 83.5 cm³/mol. The van der Waals surface area contributed by atoms with E-state index < -0.39 is 0 Å². The summed E-state index contributed by atoms with van der Waals surface area (Å²) in [6.07, 6.45) is 3.72. The van der Waals surface area contributed by atoms with Gasteiger partial charge in [0, 0.05) is 23.9 Å². The zero-order valence-corrected chi connectivity index (χ0v) is 12.6. The molecule has 3 rings (SSSR count). The molecule has 2 aliphatic rings. The molecule has 2 aliphatic heterocycles. The van der Waals surface area contributed by atoms with Gasteiger partial charge in [-0.2, -0.15) is 11.8 Å². The molecule has 1 aromatic carbocycles. The molecule has 1 saturated heterocycles. The number of fused-ring (bicyclic) bond motifs is 1. The molecule has 1 fully saturated rings. The van der Waals surface area contributed by atoms with Gasteiger partial charge in [0.1, 0.15) is 0 Å². The van der Waals surface area contributed by atoms with Crippen LogP contribution in [0.25, 0.3) is 0 Å². The fourth-order valence-corrected chi connectivity index (χ4v) is 5.16. The molecule has 3 heteroatoms. The molecule has 0 aliphatic carbocycles. The third-order valence-corrected chi connectivity index (χ3v) is 6.38. The summed E-state index contributed by atoms with van der Waals surface area (Å²) in [7, 11) is 0. The number of benzene rings is 1. The third-order valence-electron chi connectivity index (χ3n) is 5.00. The van der Waals surface area contributed by atoms with Gasteiger partial charge in [0.2, 0.25) is 0 Å². The highest BCUT2D eigenvalue weighted by atomic mass is 32.2. The lowest BCUT2D eigenvalue weighted by atomic mass is 9.90. The number of hydrogen-bond donors (Lipinski definition) is 1. The van der Waals surface area contributed by atoms with Crippen molar-refractivity contribution in [1.29, 1.82) is 0 Å². The Hall–Kier alpha value is -0.510. The van der Waals surface area contributed by atoms with Gasteiger partial charge in [0.25, 0.3) is 0 Å². The maximum absolute atomic E-state index is 6.21. The van der Waals surface area contributed by atoms with E-state index >= 15 is 0 Å². The fourth-order valence-electron chi connectivity index (χ4n) is 3.66. The van der Waals surface area contributed by atoms with Crippen LogP contribution >= 0.6 is 11.8 Å². The normalized spacial score (nSPS) is 32.0. The maximum atomic E-state index is 6.21. The topological polar surface area (TPSA) is 29.3 Å². The van der Waals surface area contributed by atoms with Crippen LogP contribution in [0.15, 0.2) is 24.3 Å². The monoisotopic (exact) mass is 276 g/mol. The lowest BCUT2D eigenvalue weighted by Crippen LogP contribution is -2.57. The summed E-state index contributed by atoms with van der Waals surface area (Å²) in [4.78, 5) is 2.68. The molecule has 0 aromatic heterocycles. The molecule has 19 heavy (non-hydrogen) atoms. The first-order valence-electron chi connectivity index (χ1n) is 7.40. The van der Waals surface area contributed by atoms with E-state index in [9.17, 15) is 0 Å². The minimum atomic E-state index is 0.224. The summed E-state index contributed by atoms with van der Waals surface area (Å²) < 4.78 is 0. The van der Waals surface area contributed by atoms with Gasteiger partial charge < -0.3 is 5.73 Å². The van der Waals surface area contributed by atoms with Crippen LogP contribution in [0.2, 0.25) is 0 Å². The highest BCUT2D eigenvalue weighted by Crippen LogP contribution is 2.41. The van der Waals surface area contributed by atoms with E-state index in [4.69, 9.17) is 5.73 Å². The molecule has 0 spiro atoms. The van der Waals surface area contributed by atoms with Crippen molar-refractivity contribution in [1.82, 2.24) is 4.90 Å². The predicted octanol–water partition coefficient (Wildman–Crippen LogP) is 2.66. The second-order valence-electron chi connectivity index (χ2n) is 5.86. The molecular weight excluding hydrogens is 252 g/mol. The first-order valence-corrected chi connectivity index (χ1v) is 8.45. The zero-order valence-electron chi connectivity index (χ0n) is 11.8. The van der Waals surface area contributed by atoms with E-state index in [0.717, 1.165) is 13.1 Å². The number of thioether (sulfide) groups is 1. The number of rotatable bonds is 2. The number of nitrogens with two attached hydrogens (primary N) is 1. The summed E-state index contributed by atoms with van der Waals surface area (Å²) in [5, 5.41) is 0.655. The number of aryl methyl sites for hydroxylation is 1. The van der Waals surface area contributed by atoms with Crippen LogP contribution in [0.5, 0.6) is 0 Å². The van der Waals surface area contributed by atoms with Gasteiger partial charge in [-0.15, -0.1) is 0 Å². The van der Waals surface area contributed by atoms with Gasteiger partial charge in [0.05, 0.1) is 0 Å². The van der Waals surface area contributed by atoms with Gasteiger partial charge in [-0.1, -0.05) is 31.2 Å². The Kier molecular flexibility index (Phi) is 3.88. The van der Waals surface area contributed by atoms with Crippen molar-refractivity contribution in [2.45, 2.75) is 43.5 Å². The molecule has 0 radical (unpaired) electrons. The average molecular weight is 276 g/mol. The van der Waals surface area contributed by atoms with Crippen molar-refractivity contribution in [3.63, 3.8) is 0 Å². The molecule has 0 bridgehead atoms. The minimum absolute atomic E-state index is 0.224. The molecular formula is C16H24N2S. The van der Waals surface area contributed by atoms with Crippen LogP contribution in [-0.4, -0.2) is 34.5 Å². The summed E-state index contributed by atoms with van der Waals surface area (Å²) in [6, 6.07) is 8.93. The Morgan fingerprint density at radius 3 is 2.84 bits per heavy atom. The molecule has 2 atom stereocenters. The van der Waals surface area contributed by atoms with E-state index in [-0.39, 0.29) is 5.54 Å². The lowest BCUT2D eigenvalue weighted by molar-refractivity contribution is 0.0905. The van der Waals surface area contributed by atoms with E-state index in [0.29, 0.717) is 5.25 Å². The van der Waals surface area contributed by atoms with Gasteiger partial charge in [-0.3, -0.25) is 4.90 Å². The van der Waals surface area contributed by atoms with Crippen LogP contribution < -0.4 is 5.73 Å². The van der Waals surface area contributed by atoms with E-state index in [1.807, 2.05) is 0 Å². The van der Waals surface area contributed by atoms with Crippen LogP contribution in [0.3, 0.4) is 0 Å². The molecule has 2 unspecified atom stereocenters. The largest absolute Gasteiger partial charge is 0.329 e. The van der Waals surface area contributed by atoms with Crippen LogP contribution in [0.4, 0.5) is 0 Å². The highest BCUT2D eigenvalue weighted by molar-refractivity contribution is 8.00. The second kappa shape index (κ2) is 5.47. The van der Waals surface area contributed by atoms with Gasteiger partial charge in [-0.05, 0) is 42.7 Å². The van der Waals surface area contributed by atoms with Crippen molar-refractivity contribution < 1.29 is 0 Å². The van der Waals surface area contributed by atoms with Gasteiger partial charge in [-0.25, -0.2) is 0 Å². The average Bonchev–Trinajstić information content (AvgIpc) is 2.69. The Labute approximate surface area is 120 Å². The van der Waals surface area contributed by atoms with E-state index in [2.05, 4.69) is 47.9 Å². The maximum Gasteiger partial charge on any atom is 0.0458 e. The smallest absolute Gasteiger partial charge is 0.0458 e. The van der Waals surface area contributed by atoms with Crippen molar-refractivity contribution in [2.75, 3.05) is 18.8 Å². The summed E-state index contributed by atoms with van der Waals surface area (Å²) in [5.74, 6) is 1.26. The lowest BCUT2D eigenvalue weighted by Gasteiger charge is -2.43. The first-order chi connectivity index (χ1) is 9.26. The Morgan fingerprint density at radius 2 is 2.16 bits per heavy atom. The molecule has 0 amide bonds.